The average Bonchev–Trinajstić information content (AvgIpc) is 3.12. The van der Waals surface area contributed by atoms with E-state index in [1.54, 1.807) is 27.8 Å². The smallest absolute Gasteiger partial charge is 0.321 e. The molecule has 1 aromatic carbocycles. The number of aromatic nitrogens is 1. The molecule has 13 heteroatoms. The normalized spacial score (nSPS) is 19.0. The highest BCUT2D eigenvalue weighted by Gasteiger charge is 2.34. The number of aliphatic hydroxyl groups is 1. The molecule has 0 saturated heterocycles. The lowest BCUT2D eigenvalue weighted by atomic mass is 9.99. The second kappa shape index (κ2) is 10.7. The molecule has 12 nitrogen and oxygen atoms in total. The van der Waals surface area contributed by atoms with Crippen LogP contribution in [0.4, 0.5) is 16.2 Å². The predicted molar refractivity (Wildman–Crippen MR) is 134 cm³/mol. The lowest BCUT2D eigenvalue weighted by Crippen LogP contribution is -2.50. The van der Waals surface area contributed by atoms with Crippen molar-refractivity contribution in [3.05, 3.63) is 35.2 Å². The standard InChI is InChI=1S/C23H33N5O7S/c1-13-10-28(14(2)12-29)22(30)18-9-17(26-36(6,32)33)7-8-19(18)34-20(13)11-27(5)23(31)24-21-15(3)25-35-16(21)4/h7-9,13-14,20,26,29H,10-12H2,1-6H3,(H,24,31)/t13-,14-,20+/m1/s1. The predicted octanol–water partition coefficient (Wildman–Crippen LogP) is 2.05. The second-order valence-corrected chi connectivity index (χ2v) is 11.0. The Morgan fingerprint density at radius 3 is 2.64 bits per heavy atom. The van der Waals surface area contributed by atoms with Crippen LogP contribution in [-0.4, -0.2) is 85.6 Å². The van der Waals surface area contributed by atoms with Crippen molar-refractivity contribution in [3.8, 4) is 5.75 Å². The number of hydrogen-bond acceptors (Lipinski definition) is 8. The van der Waals surface area contributed by atoms with Gasteiger partial charge in [0.05, 0.1) is 31.0 Å². The van der Waals surface area contributed by atoms with Gasteiger partial charge in [-0.1, -0.05) is 12.1 Å². The third kappa shape index (κ3) is 6.26. The molecular weight excluding hydrogens is 490 g/mol. The summed E-state index contributed by atoms with van der Waals surface area (Å²) >= 11 is 0. The molecule has 198 valence electrons. The van der Waals surface area contributed by atoms with Gasteiger partial charge in [0.25, 0.3) is 5.91 Å². The lowest BCUT2D eigenvalue weighted by Gasteiger charge is -2.38. The van der Waals surface area contributed by atoms with E-state index in [9.17, 15) is 23.1 Å². The maximum absolute atomic E-state index is 13.4. The summed E-state index contributed by atoms with van der Waals surface area (Å²) in [5, 5.41) is 16.4. The zero-order chi connectivity index (χ0) is 26.8. The van der Waals surface area contributed by atoms with Gasteiger partial charge in [-0.3, -0.25) is 9.52 Å². The van der Waals surface area contributed by atoms with Crippen LogP contribution in [0, 0.1) is 19.8 Å². The number of carbonyl (C=O) groups is 2. The lowest BCUT2D eigenvalue weighted by molar-refractivity contribution is 0.0371. The molecule has 1 aromatic heterocycles. The van der Waals surface area contributed by atoms with Crippen LogP contribution in [0.3, 0.4) is 0 Å². The van der Waals surface area contributed by atoms with E-state index in [1.165, 1.54) is 28.0 Å². The van der Waals surface area contributed by atoms with Gasteiger partial charge < -0.3 is 29.5 Å². The number of urea groups is 1. The fourth-order valence-corrected chi connectivity index (χ4v) is 4.49. The van der Waals surface area contributed by atoms with Gasteiger partial charge >= 0.3 is 6.03 Å². The first-order valence-electron chi connectivity index (χ1n) is 11.5. The second-order valence-electron chi connectivity index (χ2n) is 9.22. The summed E-state index contributed by atoms with van der Waals surface area (Å²) in [5.41, 5.74) is 1.43. The first-order valence-corrected chi connectivity index (χ1v) is 13.3. The van der Waals surface area contributed by atoms with E-state index >= 15 is 0 Å². The van der Waals surface area contributed by atoms with Crippen molar-refractivity contribution in [2.45, 2.75) is 39.8 Å². The van der Waals surface area contributed by atoms with Crippen LogP contribution in [-0.2, 0) is 10.0 Å². The first-order chi connectivity index (χ1) is 16.8. The zero-order valence-electron chi connectivity index (χ0n) is 21.2. The molecule has 0 fully saturated rings. The minimum Gasteiger partial charge on any atom is -0.487 e. The average molecular weight is 524 g/mol. The van der Waals surface area contributed by atoms with E-state index in [-0.39, 0.29) is 48.6 Å². The highest BCUT2D eigenvalue weighted by Crippen LogP contribution is 2.31. The largest absolute Gasteiger partial charge is 0.487 e. The van der Waals surface area contributed by atoms with Crippen molar-refractivity contribution in [2.24, 2.45) is 5.92 Å². The number of aliphatic hydroxyl groups excluding tert-OH is 1. The Morgan fingerprint density at radius 2 is 2.06 bits per heavy atom. The van der Waals surface area contributed by atoms with E-state index in [1.807, 2.05) is 6.92 Å². The number of rotatable bonds is 7. The van der Waals surface area contributed by atoms with Crippen molar-refractivity contribution in [3.63, 3.8) is 0 Å². The fourth-order valence-electron chi connectivity index (χ4n) is 3.93. The van der Waals surface area contributed by atoms with Gasteiger partial charge in [-0.2, -0.15) is 0 Å². The molecule has 2 heterocycles. The number of nitrogens with zero attached hydrogens (tertiary/aromatic N) is 3. The molecule has 0 unspecified atom stereocenters. The molecule has 1 aliphatic rings. The molecule has 0 spiro atoms. The molecule has 3 atom stereocenters. The van der Waals surface area contributed by atoms with Crippen LogP contribution in [0.2, 0.25) is 0 Å². The Bertz CT molecular complexity index is 1210. The minimum absolute atomic E-state index is 0.156. The van der Waals surface area contributed by atoms with Crippen LogP contribution in [0.15, 0.2) is 22.7 Å². The monoisotopic (exact) mass is 523 g/mol. The number of benzene rings is 1. The van der Waals surface area contributed by atoms with Crippen LogP contribution in [0.25, 0.3) is 0 Å². The quantitative estimate of drug-likeness (QED) is 0.498. The molecule has 1 aliphatic heterocycles. The Morgan fingerprint density at radius 1 is 1.36 bits per heavy atom. The molecule has 3 rings (SSSR count). The summed E-state index contributed by atoms with van der Waals surface area (Å²) in [6.07, 6.45) is 0.503. The SMILES string of the molecule is Cc1noc(C)c1NC(=O)N(C)C[C@@H]1Oc2ccc(NS(C)(=O)=O)cc2C(=O)N([C@H](C)CO)C[C@H]1C. The summed E-state index contributed by atoms with van der Waals surface area (Å²) in [6, 6.07) is 3.57. The third-order valence-electron chi connectivity index (χ3n) is 6.03. The maximum atomic E-state index is 13.4. The summed E-state index contributed by atoms with van der Waals surface area (Å²) in [7, 11) is -1.94. The molecule has 3 amide bonds. The summed E-state index contributed by atoms with van der Waals surface area (Å²) in [5.74, 6) is 0.146. The van der Waals surface area contributed by atoms with Crippen molar-refractivity contribution in [1.29, 1.82) is 0 Å². The van der Waals surface area contributed by atoms with Gasteiger partial charge in [0, 0.05) is 25.2 Å². The number of carbonyl (C=O) groups excluding carboxylic acids is 2. The molecular formula is C23H33N5O7S. The summed E-state index contributed by atoms with van der Waals surface area (Å²) < 4.78 is 37.1. The third-order valence-corrected chi connectivity index (χ3v) is 6.64. The van der Waals surface area contributed by atoms with Crippen LogP contribution >= 0.6 is 0 Å². The number of amides is 3. The Hall–Kier alpha value is -3.32. The number of sulfonamides is 1. The summed E-state index contributed by atoms with van der Waals surface area (Å²) in [6.45, 7) is 7.25. The maximum Gasteiger partial charge on any atom is 0.321 e. The zero-order valence-corrected chi connectivity index (χ0v) is 22.0. The van der Waals surface area contributed by atoms with Crippen molar-refractivity contribution < 1.29 is 32.4 Å². The van der Waals surface area contributed by atoms with Crippen LogP contribution in [0.1, 0.15) is 35.7 Å². The Kier molecular flexibility index (Phi) is 8.14. The van der Waals surface area contributed by atoms with E-state index in [4.69, 9.17) is 9.26 Å². The van der Waals surface area contributed by atoms with Crippen molar-refractivity contribution >= 4 is 33.3 Å². The van der Waals surface area contributed by atoms with E-state index in [0.717, 1.165) is 6.26 Å². The topological polar surface area (TPSA) is 154 Å². The molecule has 36 heavy (non-hydrogen) atoms. The van der Waals surface area contributed by atoms with Crippen LogP contribution < -0.4 is 14.8 Å². The molecule has 0 bridgehead atoms. The van der Waals surface area contributed by atoms with Gasteiger partial charge in [0.15, 0.2) is 5.76 Å². The highest BCUT2D eigenvalue weighted by molar-refractivity contribution is 7.92. The van der Waals surface area contributed by atoms with E-state index in [2.05, 4.69) is 15.2 Å². The number of fused-ring (bicyclic) bond motifs is 1. The molecule has 3 N–H and O–H groups in total. The molecule has 0 saturated carbocycles. The van der Waals surface area contributed by atoms with Crippen molar-refractivity contribution in [2.75, 3.05) is 43.0 Å². The first kappa shape index (κ1) is 27.3. The molecule has 0 radical (unpaired) electrons. The van der Waals surface area contributed by atoms with Gasteiger partial charge in [0.2, 0.25) is 10.0 Å². The van der Waals surface area contributed by atoms with Gasteiger partial charge in [0.1, 0.15) is 23.2 Å². The van der Waals surface area contributed by atoms with Gasteiger partial charge in [-0.05, 0) is 39.0 Å². The number of anilines is 2. The van der Waals surface area contributed by atoms with Crippen LogP contribution in [0.5, 0.6) is 5.75 Å². The number of ether oxygens (including phenoxy) is 1. The Labute approximate surface area is 210 Å². The van der Waals surface area contributed by atoms with Gasteiger partial charge in [-0.15, -0.1) is 0 Å². The van der Waals surface area contributed by atoms with Gasteiger partial charge in [-0.25, -0.2) is 13.2 Å². The molecule has 0 aliphatic carbocycles. The number of likely N-dealkylation sites (N-methyl/N-ethyl adjacent to an activating group) is 1. The van der Waals surface area contributed by atoms with Crippen molar-refractivity contribution in [1.82, 2.24) is 15.0 Å². The molecule has 2 aromatic rings. The van der Waals surface area contributed by atoms with E-state index in [0.29, 0.717) is 17.1 Å². The summed E-state index contributed by atoms with van der Waals surface area (Å²) in [4.78, 5) is 29.3. The number of nitrogens with one attached hydrogen (secondary N) is 2. The minimum atomic E-state index is -3.56. The Balaban J connectivity index is 1.90. The van der Waals surface area contributed by atoms with E-state index < -0.39 is 28.1 Å². The number of hydrogen-bond donors (Lipinski definition) is 3. The highest BCUT2D eigenvalue weighted by atomic mass is 32.2. The fraction of sp³-hybridized carbons (Fsp3) is 0.522. The number of aryl methyl sites for hydroxylation is 2.